The van der Waals surface area contributed by atoms with Gasteiger partial charge in [-0.25, -0.2) is 0 Å². The third kappa shape index (κ3) is 2.97. The summed E-state index contributed by atoms with van der Waals surface area (Å²) in [6, 6.07) is 0.609. The van der Waals surface area contributed by atoms with Crippen LogP contribution < -0.4 is 5.32 Å². The van der Waals surface area contributed by atoms with Crippen molar-refractivity contribution in [1.82, 2.24) is 20.2 Å². The van der Waals surface area contributed by atoms with Gasteiger partial charge in [-0.2, -0.15) is 0 Å². The largest absolute Gasteiger partial charge is 0.307 e. The highest BCUT2D eigenvalue weighted by molar-refractivity contribution is 5.00. The van der Waals surface area contributed by atoms with E-state index in [1.165, 1.54) is 13.0 Å². The fourth-order valence-corrected chi connectivity index (χ4v) is 1.86. The fraction of sp³-hybridized carbons (Fsp3) is 0.636. The molecule has 4 nitrogen and oxygen atoms in total. The second-order valence-corrected chi connectivity index (χ2v) is 4.28. The first-order valence-corrected chi connectivity index (χ1v) is 5.43. The van der Waals surface area contributed by atoms with E-state index in [0.29, 0.717) is 6.04 Å². The highest BCUT2D eigenvalue weighted by Crippen LogP contribution is 2.06. The van der Waals surface area contributed by atoms with Crippen molar-refractivity contribution in [2.45, 2.75) is 25.9 Å². The van der Waals surface area contributed by atoms with Gasteiger partial charge in [-0.1, -0.05) is 0 Å². The summed E-state index contributed by atoms with van der Waals surface area (Å²) in [5.74, 6) is 0. The van der Waals surface area contributed by atoms with Gasteiger partial charge in [0.2, 0.25) is 0 Å². The summed E-state index contributed by atoms with van der Waals surface area (Å²) >= 11 is 0. The average molecular weight is 206 g/mol. The molecule has 2 rings (SSSR count). The molecular weight excluding hydrogens is 188 g/mol. The maximum Gasteiger partial charge on any atom is 0.0724 e. The number of nitrogens with zero attached hydrogens (tertiary/aromatic N) is 3. The minimum absolute atomic E-state index is 0.609. The van der Waals surface area contributed by atoms with E-state index >= 15 is 0 Å². The number of aromatic nitrogens is 2. The summed E-state index contributed by atoms with van der Waals surface area (Å²) in [4.78, 5) is 10.9. The van der Waals surface area contributed by atoms with Gasteiger partial charge >= 0.3 is 0 Å². The van der Waals surface area contributed by atoms with Crippen LogP contribution in [0.3, 0.4) is 0 Å². The van der Waals surface area contributed by atoms with E-state index in [-0.39, 0.29) is 0 Å². The van der Waals surface area contributed by atoms with Crippen molar-refractivity contribution < 1.29 is 0 Å². The van der Waals surface area contributed by atoms with Gasteiger partial charge in [0.1, 0.15) is 0 Å². The molecule has 0 aromatic carbocycles. The number of hydrogen-bond donors (Lipinski definition) is 1. The SMILES string of the molecule is Cc1cnc(CNC2CCN(C)C2)cn1. The van der Waals surface area contributed by atoms with Crippen LogP contribution in [0.2, 0.25) is 0 Å². The molecule has 1 saturated heterocycles. The van der Waals surface area contributed by atoms with E-state index < -0.39 is 0 Å². The van der Waals surface area contributed by atoms with E-state index in [1.807, 2.05) is 19.3 Å². The Morgan fingerprint density at radius 2 is 2.33 bits per heavy atom. The molecule has 82 valence electrons. The number of aryl methyl sites for hydroxylation is 1. The van der Waals surface area contributed by atoms with Gasteiger partial charge in [0.25, 0.3) is 0 Å². The monoisotopic (exact) mass is 206 g/mol. The third-order valence-corrected chi connectivity index (χ3v) is 2.80. The topological polar surface area (TPSA) is 41.1 Å². The van der Waals surface area contributed by atoms with E-state index in [1.54, 1.807) is 0 Å². The Kier molecular flexibility index (Phi) is 3.28. The summed E-state index contributed by atoms with van der Waals surface area (Å²) in [5, 5.41) is 3.50. The lowest BCUT2D eigenvalue weighted by Gasteiger charge is -2.12. The molecular formula is C11H18N4. The molecule has 0 saturated carbocycles. The standard InChI is InChI=1S/C11H18N4/c1-9-5-13-11(6-12-9)7-14-10-3-4-15(2)8-10/h5-6,10,14H,3-4,7-8H2,1-2H3. The Labute approximate surface area is 90.7 Å². The quantitative estimate of drug-likeness (QED) is 0.785. The number of likely N-dealkylation sites (tertiary alicyclic amines) is 1. The Morgan fingerprint density at radius 3 is 2.93 bits per heavy atom. The highest BCUT2D eigenvalue weighted by Gasteiger charge is 2.18. The molecule has 0 aliphatic carbocycles. The molecule has 1 fully saturated rings. The predicted molar refractivity (Wildman–Crippen MR) is 59.5 cm³/mol. The van der Waals surface area contributed by atoms with Gasteiger partial charge in [-0.15, -0.1) is 0 Å². The minimum atomic E-state index is 0.609. The van der Waals surface area contributed by atoms with Crippen molar-refractivity contribution in [3.63, 3.8) is 0 Å². The van der Waals surface area contributed by atoms with Crippen LogP contribution in [-0.4, -0.2) is 41.0 Å². The zero-order valence-corrected chi connectivity index (χ0v) is 9.40. The van der Waals surface area contributed by atoms with Gasteiger partial charge in [-0.05, 0) is 26.9 Å². The Hall–Kier alpha value is -1.00. The van der Waals surface area contributed by atoms with Crippen LogP contribution in [0.5, 0.6) is 0 Å². The molecule has 1 aromatic rings. The van der Waals surface area contributed by atoms with Crippen LogP contribution in [0.25, 0.3) is 0 Å². The van der Waals surface area contributed by atoms with Crippen molar-refractivity contribution in [2.24, 2.45) is 0 Å². The van der Waals surface area contributed by atoms with E-state index in [4.69, 9.17) is 0 Å². The molecule has 1 unspecified atom stereocenters. The van der Waals surface area contributed by atoms with Gasteiger partial charge in [-0.3, -0.25) is 9.97 Å². The van der Waals surface area contributed by atoms with Crippen LogP contribution in [-0.2, 0) is 6.54 Å². The van der Waals surface area contributed by atoms with E-state index in [0.717, 1.165) is 24.5 Å². The molecule has 0 amide bonds. The number of hydrogen-bond acceptors (Lipinski definition) is 4. The molecule has 1 aromatic heterocycles. The van der Waals surface area contributed by atoms with Crippen LogP contribution in [0.4, 0.5) is 0 Å². The summed E-state index contributed by atoms with van der Waals surface area (Å²) in [5.41, 5.74) is 1.99. The first-order valence-electron chi connectivity index (χ1n) is 5.43. The summed E-state index contributed by atoms with van der Waals surface area (Å²) < 4.78 is 0. The summed E-state index contributed by atoms with van der Waals surface area (Å²) in [6.45, 7) is 5.11. The second kappa shape index (κ2) is 4.68. The lowest BCUT2D eigenvalue weighted by molar-refractivity contribution is 0.397. The molecule has 0 bridgehead atoms. The molecule has 1 N–H and O–H groups in total. The van der Waals surface area contributed by atoms with Crippen molar-refractivity contribution in [1.29, 1.82) is 0 Å². The smallest absolute Gasteiger partial charge is 0.0724 e. The molecule has 0 spiro atoms. The molecule has 1 aliphatic heterocycles. The first-order chi connectivity index (χ1) is 7.24. The van der Waals surface area contributed by atoms with Gasteiger partial charge in [0.15, 0.2) is 0 Å². The normalized spacial score (nSPS) is 22.1. The molecule has 2 heterocycles. The zero-order chi connectivity index (χ0) is 10.7. The molecule has 15 heavy (non-hydrogen) atoms. The molecule has 1 aliphatic rings. The zero-order valence-electron chi connectivity index (χ0n) is 9.40. The lowest BCUT2D eigenvalue weighted by atomic mass is 10.2. The summed E-state index contributed by atoms with van der Waals surface area (Å²) in [6.07, 6.45) is 4.90. The summed E-state index contributed by atoms with van der Waals surface area (Å²) in [7, 11) is 2.16. The third-order valence-electron chi connectivity index (χ3n) is 2.80. The maximum atomic E-state index is 4.32. The highest BCUT2D eigenvalue weighted by atomic mass is 15.2. The fourth-order valence-electron chi connectivity index (χ4n) is 1.86. The number of likely N-dealkylation sites (N-methyl/N-ethyl adjacent to an activating group) is 1. The van der Waals surface area contributed by atoms with Gasteiger partial charge in [0.05, 0.1) is 11.4 Å². The van der Waals surface area contributed by atoms with E-state index in [2.05, 4.69) is 27.2 Å². The van der Waals surface area contributed by atoms with Crippen molar-refractivity contribution in [3.05, 3.63) is 23.8 Å². The van der Waals surface area contributed by atoms with Crippen LogP contribution >= 0.6 is 0 Å². The number of nitrogens with one attached hydrogen (secondary N) is 1. The lowest BCUT2D eigenvalue weighted by Crippen LogP contribution is -2.31. The molecule has 0 radical (unpaired) electrons. The van der Waals surface area contributed by atoms with Crippen molar-refractivity contribution in [2.75, 3.05) is 20.1 Å². The maximum absolute atomic E-state index is 4.32. The number of rotatable bonds is 3. The first kappa shape index (κ1) is 10.5. The molecule has 4 heteroatoms. The second-order valence-electron chi connectivity index (χ2n) is 4.28. The van der Waals surface area contributed by atoms with Gasteiger partial charge < -0.3 is 10.2 Å². The molecule has 1 atom stereocenters. The van der Waals surface area contributed by atoms with Crippen LogP contribution in [0.1, 0.15) is 17.8 Å². The van der Waals surface area contributed by atoms with Crippen LogP contribution in [0.15, 0.2) is 12.4 Å². The predicted octanol–water partition coefficient (Wildman–Crippen LogP) is 0.579. The van der Waals surface area contributed by atoms with Crippen molar-refractivity contribution >= 4 is 0 Å². The minimum Gasteiger partial charge on any atom is -0.307 e. The van der Waals surface area contributed by atoms with Crippen molar-refractivity contribution in [3.8, 4) is 0 Å². The Morgan fingerprint density at radius 1 is 1.47 bits per heavy atom. The Balaban J connectivity index is 1.80. The van der Waals surface area contributed by atoms with E-state index in [9.17, 15) is 0 Å². The Bertz CT molecular complexity index is 309. The average Bonchev–Trinajstić information content (AvgIpc) is 2.64. The van der Waals surface area contributed by atoms with Gasteiger partial charge in [0, 0.05) is 31.5 Å². The van der Waals surface area contributed by atoms with Crippen LogP contribution in [0, 0.1) is 6.92 Å².